The molecule has 100 valence electrons. The Morgan fingerprint density at radius 3 is 2.39 bits per heavy atom. The lowest BCUT2D eigenvalue weighted by atomic mass is 10.2. The molecule has 1 aliphatic carbocycles. The van der Waals surface area contributed by atoms with Crippen LogP contribution in [0.1, 0.15) is 18.4 Å². The molecule has 0 N–H and O–H groups in total. The van der Waals surface area contributed by atoms with Crippen molar-refractivity contribution in [1.29, 1.82) is 0 Å². The van der Waals surface area contributed by atoms with E-state index in [0.29, 0.717) is 10.0 Å². The summed E-state index contributed by atoms with van der Waals surface area (Å²) in [5, 5.41) is 0. The fourth-order valence-corrected chi connectivity index (χ4v) is 2.43. The number of benzene rings is 1. The molecule has 1 aromatic rings. The Balaban J connectivity index is 2.08. The Morgan fingerprint density at radius 1 is 1.22 bits per heavy atom. The molecule has 0 heterocycles. The SMILES string of the molecule is Fc1cc(Br)cc(CN(CC(F)(F)F)C2CC2)c1. The standard InChI is InChI=1S/C12H12BrF4N/c13-9-3-8(4-10(14)5-9)6-18(11-1-2-11)7-12(15,16)17/h3-5,11H,1-2,6-7H2. The van der Waals surface area contributed by atoms with Gasteiger partial charge in [0.25, 0.3) is 0 Å². The molecule has 0 spiro atoms. The van der Waals surface area contributed by atoms with E-state index in [1.54, 1.807) is 6.07 Å². The zero-order chi connectivity index (χ0) is 13.3. The minimum atomic E-state index is -4.22. The van der Waals surface area contributed by atoms with Crippen molar-refractivity contribution in [3.05, 3.63) is 34.1 Å². The summed E-state index contributed by atoms with van der Waals surface area (Å²) in [4.78, 5) is 1.36. The van der Waals surface area contributed by atoms with Gasteiger partial charge in [0.15, 0.2) is 0 Å². The van der Waals surface area contributed by atoms with Gasteiger partial charge in [-0.15, -0.1) is 0 Å². The monoisotopic (exact) mass is 325 g/mol. The molecule has 0 unspecified atom stereocenters. The summed E-state index contributed by atoms with van der Waals surface area (Å²) in [5.74, 6) is -0.442. The zero-order valence-corrected chi connectivity index (χ0v) is 11.1. The van der Waals surface area contributed by atoms with Gasteiger partial charge in [0, 0.05) is 17.1 Å². The third-order valence-electron chi connectivity index (χ3n) is 2.75. The lowest BCUT2D eigenvalue weighted by Gasteiger charge is -2.23. The highest BCUT2D eigenvalue weighted by Gasteiger charge is 2.37. The largest absolute Gasteiger partial charge is 0.401 e. The lowest BCUT2D eigenvalue weighted by molar-refractivity contribution is -0.148. The van der Waals surface area contributed by atoms with Crippen LogP contribution >= 0.6 is 15.9 Å². The summed E-state index contributed by atoms with van der Waals surface area (Å²) in [5.41, 5.74) is 0.554. The normalized spacial score (nSPS) is 16.3. The van der Waals surface area contributed by atoms with Crippen LogP contribution in [-0.4, -0.2) is 23.7 Å². The first-order valence-corrected chi connectivity index (χ1v) is 6.38. The van der Waals surface area contributed by atoms with Crippen LogP contribution in [0.25, 0.3) is 0 Å². The van der Waals surface area contributed by atoms with E-state index < -0.39 is 18.5 Å². The molecule has 1 saturated carbocycles. The number of halogens is 5. The van der Waals surface area contributed by atoms with Gasteiger partial charge in [-0.05, 0) is 36.6 Å². The van der Waals surface area contributed by atoms with Crippen molar-refractivity contribution in [1.82, 2.24) is 4.90 Å². The highest BCUT2D eigenvalue weighted by atomic mass is 79.9. The van der Waals surface area contributed by atoms with Crippen molar-refractivity contribution in [2.24, 2.45) is 0 Å². The van der Waals surface area contributed by atoms with Gasteiger partial charge in [-0.1, -0.05) is 15.9 Å². The van der Waals surface area contributed by atoms with E-state index in [1.807, 2.05) is 0 Å². The quantitative estimate of drug-likeness (QED) is 0.753. The van der Waals surface area contributed by atoms with Gasteiger partial charge < -0.3 is 0 Å². The highest BCUT2D eigenvalue weighted by molar-refractivity contribution is 9.10. The Morgan fingerprint density at radius 2 is 1.89 bits per heavy atom. The molecule has 0 aliphatic heterocycles. The molecule has 0 atom stereocenters. The molecule has 6 heteroatoms. The second-order valence-corrected chi connectivity index (χ2v) is 5.44. The van der Waals surface area contributed by atoms with Crippen molar-refractivity contribution in [3.8, 4) is 0 Å². The number of hydrogen-bond donors (Lipinski definition) is 0. The number of nitrogens with zero attached hydrogens (tertiary/aromatic N) is 1. The lowest BCUT2D eigenvalue weighted by Crippen LogP contribution is -2.35. The van der Waals surface area contributed by atoms with Crippen molar-refractivity contribution in [2.45, 2.75) is 31.6 Å². The van der Waals surface area contributed by atoms with Crippen molar-refractivity contribution in [3.63, 3.8) is 0 Å². The molecular formula is C12H12BrF4N. The number of rotatable bonds is 4. The van der Waals surface area contributed by atoms with Gasteiger partial charge in [-0.25, -0.2) is 4.39 Å². The topological polar surface area (TPSA) is 3.24 Å². The van der Waals surface area contributed by atoms with Crippen LogP contribution < -0.4 is 0 Å². The molecule has 1 aliphatic rings. The summed E-state index contributed by atoms with van der Waals surface area (Å²) >= 11 is 3.14. The second kappa shape index (κ2) is 5.17. The van der Waals surface area contributed by atoms with Crippen molar-refractivity contribution >= 4 is 15.9 Å². The number of hydrogen-bond acceptors (Lipinski definition) is 1. The van der Waals surface area contributed by atoms with Gasteiger partial charge >= 0.3 is 6.18 Å². The molecule has 1 nitrogen and oxygen atoms in total. The van der Waals surface area contributed by atoms with E-state index >= 15 is 0 Å². The van der Waals surface area contributed by atoms with Gasteiger partial charge in [0.1, 0.15) is 5.82 Å². The molecule has 1 fully saturated rings. The smallest absolute Gasteiger partial charge is 0.288 e. The summed E-state index contributed by atoms with van der Waals surface area (Å²) in [6.45, 7) is -0.813. The van der Waals surface area contributed by atoms with E-state index in [2.05, 4.69) is 15.9 Å². The number of alkyl halides is 3. The van der Waals surface area contributed by atoms with Crippen LogP contribution in [0.5, 0.6) is 0 Å². The first kappa shape index (κ1) is 13.8. The molecule has 0 bridgehead atoms. The van der Waals surface area contributed by atoms with Crippen molar-refractivity contribution < 1.29 is 17.6 Å². The minimum Gasteiger partial charge on any atom is -0.288 e. The Hall–Kier alpha value is -0.620. The fourth-order valence-electron chi connectivity index (χ4n) is 1.92. The van der Waals surface area contributed by atoms with Gasteiger partial charge in [-0.3, -0.25) is 4.90 Å². The second-order valence-electron chi connectivity index (χ2n) is 4.53. The average molecular weight is 326 g/mol. The Labute approximate surface area is 111 Å². The first-order valence-electron chi connectivity index (χ1n) is 5.59. The maximum Gasteiger partial charge on any atom is 0.401 e. The summed E-state index contributed by atoms with van der Waals surface area (Å²) in [6.07, 6.45) is -2.65. The molecule has 0 aromatic heterocycles. The summed E-state index contributed by atoms with van der Waals surface area (Å²) < 4.78 is 51.0. The molecule has 0 amide bonds. The van der Waals surface area contributed by atoms with Crippen LogP contribution in [0, 0.1) is 5.82 Å². The van der Waals surface area contributed by atoms with Gasteiger partial charge in [-0.2, -0.15) is 13.2 Å². The maximum absolute atomic E-state index is 13.2. The van der Waals surface area contributed by atoms with Crippen LogP contribution in [0.3, 0.4) is 0 Å². The third kappa shape index (κ3) is 4.24. The molecule has 2 rings (SSSR count). The zero-order valence-electron chi connectivity index (χ0n) is 9.47. The van der Waals surface area contributed by atoms with Gasteiger partial charge in [0.05, 0.1) is 6.54 Å². The van der Waals surface area contributed by atoms with Gasteiger partial charge in [0.2, 0.25) is 0 Å². The van der Waals surface area contributed by atoms with E-state index in [1.165, 1.54) is 17.0 Å². The molecule has 1 aromatic carbocycles. The van der Waals surface area contributed by atoms with E-state index in [0.717, 1.165) is 12.8 Å². The fraction of sp³-hybridized carbons (Fsp3) is 0.500. The third-order valence-corrected chi connectivity index (χ3v) is 3.21. The Kier molecular flexibility index (Phi) is 3.96. The average Bonchev–Trinajstić information content (AvgIpc) is 2.94. The molecule has 0 radical (unpaired) electrons. The van der Waals surface area contributed by atoms with E-state index in [9.17, 15) is 17.6 Å². The highest BCUT2D eigenvalue weighted by Crippen LogP contribution is 2.31. The molecule has 18 heavy (non-hydrogen) atoms. The van der Waals surface area contributed by atoms with Crippen LogP contribution in [0.4, 0.5) is 17.6 Å². The predicted octanol–water partition coefficient (Wildman–Crippen LogP) is 4.11. The Bertz CT molecular complexity index is 408. The minimum absolute atomic E-state index is 0.0198. The maximum atomic E-state index is 13.2. The molecular weight excluding hydrogens is 314 g/mol. The summed E-state index contributed by atoms with van der Waals surface area (Å²) in [6, 6.07) is 4.19. The first-order chi connectivity index (χ1) is 8.33. The van der Waals surface area contributed by atoms with Crippen LogP contribution in [0.2, 0.25) is 0 Å². The molecule has 0 saturated heterocycles. The van der Waals surface area contributed by atoms with Crippen molar-refractivity contribution in [2.75, 3.05) is 6.54 Å². The van der Waals surface area contributed by atoms with E-state index in [-0.39, 0.29) is 12.6 Å². The van der Waals surface area contributed by atoms with E-state index in [4.69, 9.17) is 0 Å². The van der Waals surface area contributed by atoms with Crippen LogP contribution in [-0.2, 0) is 6.54 Å². The van der Waals surface area contributed by atoms with Crippen LogP contribution in [0.15, 0.2) is 22.7 Å². The summed E-state index contributed by atoms with van der Waals surface area (Å²) in [7, 11) is 0. The predicted molar refractivity (Wildman–Crippen MR) is 63.6 cm³/mol.